The SMILES string of the molecule is CCOc1cc([C@@H](CS(C)(=O)=O)N2C(=O)c3cccc(N)c3C2=O)ccc1OC. The first-order valence-corrected chi connectivity index (χ1v) is 11.0. The number of hydrogen-bond donors (Lipinski definition) is 1. The van der Waals surface area contributed by atoms with Gasteiger partial charge in [0.25, 0.3) is 11.8 Å². The number of sulfone groups is 1. The molecule has 0 saturated carbocycles. The number of nitrogens with zero attached hydrogens (tertiary/aromatic N) is 1. The van der Waals surface area contributed by atoms with E-state index < -0.39 is 33.4 Å². The van der Waals surface area contributed by atoms with Crippen LogP contribution < -0.4 is 15.2 Å². The molecule has 29 heavy (non-hydrogen) atoms. The van der Waals surface area contributed by atoms with Gasteiger partial charge in [-0.2, -0.15) is 0 Å². The standard InChI is InChI=1S/C20H22N2O6S/c1-4-28-17-10-12(8-9-16(17)27-2)15(11-29(3,25)26)22-19(23)13-6-5-7-14(21)18(13)20(22)24/h5-10,15H,4,11,21H2,1-3H3/t15-/m1/s1. The highest BCUT2D eigenvalue weighted by Gasteiger charge is 2.43. The summed E-state index contributed by atoms with van der Waals surface area (Å²) >= 11 is 0. The number of methoxy groups -OCH3 is 1. The van der Waals surface area contributed by atoms with Crippen LogP contribution in [0.1, 0.15) is 39.2 Å². The van der Waals surface area contributed by atoms with Gasteiger partial charge in [0.1, 0.15) is 9.84 Å². The number of ether oxygens (including phenoxy) is 2. The van der Waals surface area contributed by atoms with Crippen LogP contribution in [0.15, 0.2) is 36.4 Å². The van der Waals surface area contributed by atoms with Crippen LogP contribution in [-0.4, -0.2) is 50.9 Å². The van der Waals surface area contributed by atoms with E-state index >= 15 is 0 Å². The maximum atomic E-state index is 13.0. The van der Waals surface area contributed by atoms with Crippen LogP contribution in [0, 0.1) is 0 Å². The molecular weight excluding hydrogens is 396 g/mol. The Morgan fingerprint density at radius 1 is 1.10 bits per heavy atom. The fourth-order valence-corrected chi connectivity index (χ4v) is 4.30. The second-order valence-corrected chi connectivity index (χ2v) is 8.89. The third kappa shape index (κ3) is 3.91. The summed E-state index contributed by atoms with van der Waals surface area (Å²) < 4.78 is 35.1. The smallest absolute Gasteiger partial charge is 0.264 e. The Balaban J connectivity index is 2.13. The first-order valence-electron chi connectivity index (χ1n) is 8.92. The molecule has 0 saturated heterocycles. The molecule has 154 valence electrons. The third-order valence-corrected chi connectivity index (χ3v) is 5.54. The van der Waals surface area contributed by atoms with E-state index in [4.69, 9.17) is 15.2 Å². The minimum absolute atomic E-state index is 0.0922. The predicted molar refractivity (Wildman–Crippen MR) is 108 cm³/mol. The number of nitrogen functional groups attached to an aromatic ring is 1. The molecule has 0 aromatic heterocycles. The molecule has 9 heteroatoms. The van der Waals surface area contributed by atoms with Crippen LogP contribution in [0.4, 0.5) is 5.69 Å². The van der Waals surface area contributed by atoms with Crippen molar-refractivity contribution in [3.8, 4) is 11.5 Å². The van der Waals surface area contributed by atoms with E-state index in [2.05, 4.69) is 0 Å². The zero-order valence-corrected chi connectivity index (χ0v) is 17.2. The van der Waals surface area contributed by atoms with E-state index in [1.165, 1.54) is 19.2 Å². The van der Waals surface area contributed by atoms with Gasteiger partial charge in [-0.1, -0.05) is 12.1 Å². The van der Waals surface area contributed by atoms with Crippen molar-refractivity contribution < 1.29 is 27.5 Å². The van der Waals surface area contributed by atoms with Crippen LogP contribution >= 0.6 is 0 Å². The molecule has 1 aliphatic heterocycles. The van der Waals surface area contributed by atoms with Crippen molar-refractivity contribution >= 4 is 27.3 Å². The minimum atomic E-state index is -3.54. The van der Waals surface area contributed by atoms with Crippen LogP contribution in [0.3, 0.4) is 0 Å². The van der Waals surface area contributed by atoms with Crippen molar-refractivity contribution in [1.29, 1.82) is 0 Å². The van der Waals surface area contributed by atoms with Crippen LogP contribution in [0.2, 0.25) is 0 Å². The van der Waals surface area contributed by atoms with Gasteiger partial charge in [-0.05, 0) is 36.8 Å². The fourth-order valence-electron chi connectivity index (χ4n) is 3.39. The largest absolute Gasteiger partial charge is 0.493 e. The number of carbonyl (C=O) groups is 2. The second-order valence-electron chi connectivity index (χ2n) is 6.70. The Bertz CT molecular complexity index is 1080. The number of benzene rings is 2. The summed E-state index contributed by atoms with van der Waals surface area (Å²) in [5.41, 5.74) is 6.76. The molecule has 2 aromatic rings. The average Bonchev–Trinajstić information content (AvgIpc) is 2.91. The van der Waals surface area contributed by atoms with E-state index in [-0.39, 0.29) is 16.8 Å². The summed E-state index contributed by atoms with van der Waals surface area (Å²) in [4.78, 5) is 27.0. The van der Waals surface area contributed by atoms with E-state index in [1.54, 1.807) is 31.2 Å². The van der Waals surface area contributed by atoms with Crippen molar-refractivity contribution in [1.82, 2.24) is 4.90 Å². The monoisotopic (exact) mass is 418 g/mol. The van der Waals surface area contributed by atoms with Gasteiger partial charge in [0.15, 0.2) is 11.5 Å². The molecular formula is C20H22N2O6S. The van der Waals surface area contributed by atoms with Crippen molar-refractivity contribution in [2.45, 2.75) is 13.0 Å². The van der Waals surface area contributed by atoms with Crippen molar-refractivity contribution in [3.05, 3.63) is 53.1 Å². The molecule has 0 fully saturated rings. The van der Waals surface area contributed by atoms with Crippen molar-refractivity contribution in [2.24, 2.45) is 0 Å². The van der Waals surface area contributed by atoms with Gasteiger partial charge in [0.05, 0.1) is 36.6 Å². The number of fused-ring (bicyclic) bond motifs is 1. The lowest BCUT2D eigenvalue weighted by Gasteiger charge is -2.26. The zero-order chi connectivity index (χ0) is 21.3. The average molecular weight is 418 g/mol. The van der Waals surface area contributed by atoms with Crippen LogP contribution in [0.5, 0.6) is 11.5 Å². The predicted octanol–water partition coefficient (Wildman–Crippen LogP) is 2.06. The Morgan fingerprint density at radius 2 is 1.83 bits per heavy atom. The zero-order valence-electron chi connectivity index (χ0n) is 16.3. The van der Waals surface area contributed by atoms with Crippen molar-refractivity contribution in [3.63, 3.8) is 0 Å². The number of nitrogens with two attached hydrogens (primary N) is 1. The summed E-state index contributed by atoms with van der Waals surface area (Å²) in [6, 6.07) is 8.39. The lowest BCUT2D eigenvalue weighted by atomic mass is 10.1. The van der Waals surface area contributed by atoms with Crippen LogP contribution in [0.25, 0.3) is 0 Å². The summed E-state index contributed by atoms with van der Waals surface area (Å²) in [6.45, 7) is 2.16. The Morgan fingerprint density at radius 3 is 2.41 bits per heavy atom. The van der Waals surface area contributed by atoms with Gasteiger partial charge < -0.3 is 15.2 Å². The van der Waals surface area contributed by atoms with Gasteiger partial charge in [0.2, 0.25) is 0 Å². The highest BCUT2D eigenvalue weighted by Crippen LogP contribution is 2.37. The minimum Gasteiger partial charge on any atom is -0.493 e. The van der Waals surface area contributed by atoms with E-state index in [0.29, 0.717) is 23.7 Å². The van der Waals surface area contributed by atoms with Gasteiger partial charge in [-0.25, -0.2) is 8.42 Å². The first-order chi connectivity index (χ1) is 13.7. The summed E-state index contributed by atoms with van der Waals surface area (Å²) in [5.74, 6) is -0.788. The summed E-state index contributed by atoms with van der Waals surface area (Å²) in [5, 5.41) is 0. The van der Waals surface area contributed by atoms with Gasteiger partial charge in [-0.15, -0.1) is 0 Å². The molecule has 0 radical (unpaired) electrons. The molecule has 1 heterocycles. The van der Waals surface area contributed by atoms with Crippen LogP contribution in [-0.2, 0) is 9.84 Å². The second kappa shape index (κ2) is 7.75. The molecule has 2 amide bonds. The lowest BCUT2D eigenvalue weighted by Crippen LogP contribution is -2.37. The summed E-state index contributed by atoms with van der Waals surface area (Å²) in [7, 11) is -2.06. The number of carbonyl (C=O) groups excluding carboxylic acids is 2. The fraction of sp³-hybridized carbons (Fsp3) is 0.300. The summed E-state index contributed by atoms with van der Waals surface area (Å²) in [6.07, 6.45) is 1.06. The Labute approximate surface area is 169 Å². The van der Waals surface area contributed by atoms with E-state index in [9.17, 15) is 18.0 Å². The molecule has 1 aliphatic rings. The maximum Gasteiger partial charge on any atom is 0.264 e. The molecule has 8 nitrogen and oxygen atoms in total. The molecule has 0 bridgehead atoms. The topological polar surface area (TPSA) is 116 Å². The highest BCUT2D eigenvalue weighted by molar-refractivity contribution is 7.90. The van der Waals surface area contributed by atoms with Gasteiger partial charge >= 0.3 is 0 Å². The number of hydrogen-bond acceptors (Lipinski definition) is 7. The first kappa shape index (κ1) is 20.7. The number of rotatable bonds is 7. The molecule has 0 unspecified atom stereocenters. The van der Waals surface area contributed by atoms with E-state index in [0.717, 1.165) is 11.2 Å². The molecule has 2 aromatic carbocycles. The van der Waals surface area contributed by atoms with Crippen molar-refractivity contribution in [2.75, 3.05) is 31.5 Å². The molecule has 3 rings (SSSR count). The molecule has 0 aliphatic carbocycles. The number of anilines is 1. The number of imide groups is 1. The van der Waals surface area contributed by atoms with Gasteiger partial charge in [-0.3, -0.25) is 14.5 Å². The molecule has 0 spiro atoms. The van der Waals surface area contributed by atoms with E-state index in [1.807, 2.05) is 0 Å². The normalized spacial score (nSPS) is 14.7. The molecule has 1 atom stereocenters. The Hall–Kier alpha value is -3.07. The highest BCUT2D eigenvalue weighted by atomic mass is 32.2. The van der Waals surface area contributed by atoms with Gasteiger partial charge in [0, 0.05) is 11.9 Å². The maximum absolute atomic E-state index is 13.0. The quantitative estimate of drug-likeness (QED) is 0.540. The Kier molecular flexibility index (Phi) is 5.52. The number of amides is 2. The molecule has 2 N–H and O–H groups in total. The lowest BCUT2D eigenvalue weighted by molar-refractivity contribution is 0.0598. The third-order valence-electron chi connectivity index (χ3n) is 4.62.